The minimum atomic E-state index is -4.75. The molecular weight excluding hydrogens is 291 g/mol. The van der Waals surface area contributed by atoms with Gasteiger partial charge in [-0.2, -0.15) is 8.42 Å². The predicted octanol–water partition coefficient (Wildman–Crippen LogP) is 3.58. The summed E-state index contributed by atoms with van der Waals surface area (Å²) in [5.41, 5.74) is 0.945. The molecule has 0 unspecified atom stereocenters. The van der Waals surface area contributed by atoms with Crippen molar-refractivity contribution in [3.8, 4) is 5.75 Å². The average Bonchev–Trinajstić information content (AvgIpc) is 2.37. The smallest absolute Gasteiger partial charge is 0.332 e. The molecule has 0 aliphatic rings. The van der Waals surface area contributed by atoms with Gasteiger partial charge in [-0.3, -0.25) is 0 Å². The zero-order chi connectivity index (χ0) is 13.9. The van der Waals surface area contributed by atoms with E-state index in [0.29, 0.717) is 12.4 Å². The molecule has 0 aliphatic heterocycles. The molecule has 0 atom stereocenters. The van der Waals surface area contributed by atoms with Crippen molar-refractivity contribution in [3.05, 3.63) is 59.1 Å². The lowest BCUT2D eigenvalue weighted by molar-refractivity contribution is 0.306. The van der Waals surface area contributed by atoms with Gasteiger partial charge < -0.3 is 4.74 Å². The maximum Gasteiger partial charge on any atom is 0.332 e. The van der Waals surface area contributed by atoms with Crippen molar-refractivity contribution in [2.24, 2.45) is 0 Å². The minimum absolute atomic E-state index is 0.0506. The van der Waals surface area contributed by atoms with Crippen molar-refractivity contribution in [2.75, 3.05) is 0 Å². The molecule has 0 N–H and O–H groups in total. The highest BCUT2D eigenvalue weighted by molar-refractivity contribution is 7.86. The van der Waals surface area contributed by atoms with Crippen molar-refractivity contribution in [1.29, 1.82) is 0 Å². The molecule has 19 heavy (non-hydrogen) atoms. The normalized spacial score (nSPS) is 11.3. The highest BCUT2D eigenvalue weighted by Gasteiger charge is 2.14. The van der Waals surface area contributed by atoms with Crippen molar-refractivity contribution >= 4 is 21.8 Å². The van der Waals surface area contributed by atoms with E-state index in [2.05, 4.69) is 0 Å². The van der Waals surface area contributed by atoms with Gasteiger partial charge in [0.1, 0.15) is 17.3 Å². The highest BCUT2D eigenvalue weighted by Crippen LogP contribution is 2.28. The van der Waals surface area contributed by atoms with E-state index in [4.69, 9.17) is 16.3 Å². The first-order valence-corrected chi connectivity index (χ1v) is 7.14. The van der Waals surface area contributed by atoms with Gasteiger partial charge in [-0.05, 0) is 23.8 Å². The van der Waals surface area contributed by atoms with E-state index in [1.54, 1.807) is 0 Å². The third kappa shape index (κ3) is 3.68. The van der Waals surface area contributed by atoms with Crippen LogP contribution in [0.1, 0.15) is 5.56 Å². The highest BCUT2D eigenvalue weighted by atomic mass is 35.5. The summed E-state index contributed by atoms with van der Waals surface area (Å²) in [6.07, 6.45) is 0. The Morgan fingerprint density at radius 2 is 1.79 bits per heavy atom. The average molecular weight is 301 g/mol. The lowest BCUT2D eigenvalue weighted by Crippen LogP contribution is -1.97. The van der Waals surface area contributed by atoms with Gasteiger partial charge in [0.05, 0.1) is 5.02 Å². The number of ether oxygens (including phenoxy) is 1. The van der Waals surface area contributed by atoms with Gasteiger partial charge in [-0.1, -0.05) is 41.9 Å². The second-order valence-electron chi connectivity index (χ2n) is 3.80. The summed E-state index contributed by atoms with van der Waals surface area (Å²) < 4.78 is 39.6. The van der Waals surface area contributed by atoms with Crippen molar-refractivity contribution < 1.29 is 17.0 Å². The van der Waals surface area contributed by atoms with E-state index < -0.39 is 15.1 Å². The molecule has 0 aliphatic carbocycles. The van der Waals surface area contributed by atoms with Crippen LogP contribution >= 0.6 is 11.6 Å². The van der Waals surface area contributed by atoms with Gasteiger partial charge >= 0.3 is 10.2 Å². The second kappa shape index (κ2) is 5.59. The Morgan fingerprint density at radius 1 is 1.11 bits per heavy atom. The molecule has 0 bridgehead atoms. The van der Waals surface area contributed by atoms with Crippen molar-refractivity contribution in [2.45, 2.75) is 11.5 Å². The summed E-state index contributed by atoms with van der Waals surface area (Å²) in [5, 5.41) is 0.0506. The molecule has 0 radical (unpaired) electrons. The van der Waals surface area contributed by atoms with Crippen molar-refractivity contribution in [1.82, 2.24) is 0 Å². The third-order valence-electron chi connectivity index (χ3n) is 2.42. The Balaban J connectivity index is 2.14. The minimum Gasteiger partial charge on any atom is -0.487 e. The third-order valence-corrected chi connectivity index (χ3v) is 3.53. The molecule has 0 aromatic heterocycles. The molecule has 0 saturated carbocycles. The molecule has 0 heterocycles. The lowest BCUT2D eigenvalue weighted by Gasteiger charge is -2.08. The molecule has 0 spiro atoms. The maximum absolute atomic E-state index is 12.8. The first kappa shape index (κ1) is 13.8. The molecule has 6 heteroatoms. The first-order valence-electron chi connectivity index (χ1n) is 5.38. The predicted molar refractivity (Wildman–Crippen MR) is 70.5 cm³/mol. The summed E-state index contributed by atoms with van der Waals surface area (Å²) in [5.74, 6) is 0.304. The Kier molecular flexibility index (Phi) is 4.07. The molecular formula is C13H10ClFO3S. The molecule has 2 aromatic carbocycles. The molecule has 2 rings (SSSR count). The van der Waals surface area contributed by atoms with Crippen LogP contribution in [0, 0.1) is 0 Å². The van der Waals surface area contributed by atoms with Crippen LogP contribution in [0.25, 0.3) is 0 Å². The zero-order valence-electron chi connectivity index (χ0n) is 9.71. The largest absolute Gasteiger partial charge is 0.487 e. The fraction of sp³-hybridized carbons (Fsp3) is 0.0769. The van der Waals surface area contributed by atoms with Crippen LogP contribution in [0.5, 0.6) is 5.75 Å². The van der Waals surface area contributed by atoms with Crippen LogP contribution in [0.2, 0.25) is 5.02 Å². The van der Waals surface area contributed by atoms with Gasteiger partial charge in [0.15, 0.2) is 0 Å². The molecule has 0 fully saturated rings. The van der Waals surface area contributed by atoms with Gasteiger partial charge in [-0.15, -0.1) is 3.89 Å². The molecule has 2 aromatic rings. The van der Waals surface area contributed by atoms with Crippen LogP contribution in [-0.2, 0) is 16.8 Å². The number of hydrogen-bond donors (Lipinski definition) is 0. The summed E-state index contributed by atoms with van der Waals surface area (Å²) in [6, 6.07) is 12.9. The molecule has 0 saturated heterocycles. The number of halogens is 2. The number of benzene rings is 2. The standard InChI is InChI=1S/C13H10ClFO3S/c14-12-8-11(19(15,16)17)6-7-13(12)18-9-10-4-2-1-3-5-10/h1-8H,9H2. The lowest BCUT2D eigenvalue weighted by atomic mass is 10.2. The Bertz CT molecular complexity index is 672. The van der Waals surface area contributed by atoms with E-state index in [1.165, 1.54) is 6.07 Å². The summed E-state index contributed by atoms with van der Waals surface area (Å²) in [7, 11) is -4.75. The van der Waals surface area contributed by atoms with Gasteiger partial charge in [-0.25, -0.2) is 0 Å². The SMILES string of the molecule is O=S(=O)(F)c1ccc(OCc2ccccc2)c(Cl)c1. The zero-order valence-corrected chi connectivity index (χ0v) is 11.3. The fourth-order valence-corrected chi connectivity index (χ4v) is 2.27. The summed E-state index contributed by atoms with van der Waals surface area (Å²) in [4.78, 5) is -0.482. The van der Waals surface area contributed by atoms with E-state index in [1.807, 2.05) is 30.3 Å². The van der Waals surface area contributed by atoms with Crippen LogP contribution in [0.15, 0.2) is 53.4 Å². The second-order valence-corrected chi connectivity index (χ2v) is 5.56. The topological polar surface area (TPSA) is 43.4 Å². The Morgan fingerprint density at radius 3 is 2.37 bits per heavy atom. The molecule has 100 valence electrons. The van der Waals surface area contributed by atoms with Gasteiger partial charge in [0, 0.05) is 0 Å². The summed E-state index contributed by atoms with van der Waals surface area (Å²) in [6.45, 7) is 0.294. The van der Waals surface area contributed by atoms with E-state index in [9.17, 15) is 12.3 Å². The summed E-state index contributed by atoms with van der Waals surface area (Å²) >= 11 is 5.85. The van der Waals surface area contributed by atoms with Crippen molar-refractivity contribution in [3.63, 3.8) is 0 Å². The number of rotatable bonds is 4. The van der Waals surface area contributed by atoms with Crippen LogP contribution in [0.3, 0.4) is 0 Å². The van der Waals surface area contributed by atoms with E-state index in [0.717, 1.165) is 17.7 Å². The maximum atomic E-state index is 12.8. The monoisotopic (exact) mass is 300 g/mol. The van der Waals surface area contributed by atoms with Gasteiger partial charge in [0.25, 0.3) is 0 Å². The Labute approximate surface area is 115 Å². The molecule has 0 amide bonds. The quantitative estimate of drug-likeness (QED) is 0.811. The first-order chi connectivity index (χ1) is 8.97. The van der Waals surface area contributed by atoms with Crippen LogP contribution < -0.4 is 4.74 Å². The van der Waals surface area contributed by atoms with Crippen LogP contribution in [-0.4, -0.2) is 8.42 Å². The Hall–Kier alpha value is -1.59. The van der Waals surface area contributed by atoms with E-state index in [-0.39, 0.29) is 5.02 Å². The van der Waals surface area contributed by atoms with Crippen LogP contribution in [0.4, 0.5) is 3.89 Å². The molecule has 3 nitrogen and oxygen atoms in total. The van der Waals surface area contributed by atoms with E-state index >= 15 is 0 Å². The fourth-order valence-electron chi connectivity index (χ4n) is 1.49. The number of hydrogen-bond acceptors (Lipinski definition) is 3. The van der Waals surface area contributed by atoms with Gasteiger partial charge in [0.2, 0.25) is 0 Å².